The Morgan fingerprint density at radius 3 is 2.39 bits per heavy atom. The molecule has 1 aliphatic heterocycles. The Morgan fingerprint density at radius 1 is 1.21 bits per heavy atom. The number of aromatic nitrogens is 2. The molecule has 1 aromatic carbocycles. The summed E-state index contributed by atoms with van der Waals surface area (Å²) in [7, 11) is 2.24. The van der Waals surface area contributed by atoms with Gasteiger partial charge in [-0.05, 0) is 18.1 Å². The molecule has 150 valence electrons. The fraction of sp³-hybridized carbons (Fsp3) is 0.412. The molecule has 1 N–H and O–H groups in total. The number of hydrogen-bond acceptors (Lipinski definition) is 5. The van der Waals surface area contributed by atoms with Gasteiger partial charge in [-0.1, -0.05) is 19.1 Å². The molecule has 0 spiro atoms. The van der Waals surface area contributed by atoms with E-state index in [4.69, 9.17) is 0 Å². The highest BCUT2D eigenvalue weighted by molar-refractivity contribution is 5.74. The Hall–Kier alpha value is -3.11. The summed E-state index contributed by atoms with van der Waals surface area (Å²) in [6.07, 6.45) is -4.76. The van der Waals surface area contributed by atoms with Crippen LogP contribution >= 0.6 is 0 Å². The van der Waals surface area contributed by atoms with Gasteiger partial charge in [0.2, 0.25) is 6.54 Å². The average Bonchev–Trinajstić information content (AvgIpc) is 2.62. The minimum atomic E-state index is -5.17. The van der Waals surface area contributed by atoms with E-state index >= 15 is 0 Å². The minimum absolute atomic E-state index is 0.0351. The van der Waals surface area contributed by atoms with Gasteiger partial charge in [0.05, 0.1) is 5.56 Å². The van der Waals surface area contributed by atoms with Gasteiger partial charge in [0.25, 0.3) is 5.56 Å². The molecule has 1 unspecified atom stereocenters. The molecule has 2 heterocycles. The Bertz CT molecular complexity index is 1100. The molecule has 11 heteroatoms. The Morgan fingerprint density at radius 2 is 1.86 bits per heavy atom. The van der Waals surface area contributed by atoms with E-state index in [-0.39, 0.29) is 5.69 Å². The lowest BCUT2D eigenvalue weighted by molar-refractivity contribution is -0.498. The summed E-state index contributed by atoms with van der Waals surface area (Å²) >= 11 is 0. The molecular weight excluding hydrogens is 381 g/mol. The van der Waals surface area contributed by atoms with Crippen molar-refractivity contribution >= 4 is 11.5 Å². The van der Waals surface area contributed by atoms with Gasteiger partial charge < -0.3 is 5.32 Å². The number of nitrogens with zero attached hydrogens (tertiary/aromatic N) is 3. The van der Waals surface area contributed by atoms with Crippen LogP contribution in [0.1, 0.15) is 23.6 Å². The van der Waals surface area contributed by atoms with Crippen LogP contribution in [-0.2, 0) is 25.9 Å². The van der Waals surface area contributed by atoms with E-state index in [1.54, 1.807) is 13.0 Å². The first-order valence-electron chi connectivity index (χ1n) is 8.35. The van der Waals surface area contributed by atoms with E-state index in [0.717, 1.165) is 11.6 Å². The van der Waals surface area contributed by atoms with Crippen molar-refractivity contribution in [2.75, 3.05) is 11.9 Å². The smallest absolute Gasteiger partial charge is 0.341 e. The van der Waals surface area contributed by atoms with E-state index in [1.807, 2.05) is 0 Å². The van der Waals surface area contributed by atoms with Gasteiger partial charge in [0.1, 0.15) is 5.82 Å². The lowest BCUT2D eigenvalue weighted by Gasteiger charge is -2.39. The summed E-state index contributed by atoms with van der Waals surface area (Å²) in [6, 6.07) is 4.19. The third-order valence-electron chi connectivity index (χ3n) is 5.15. The maximum atomic E-state index is 14.5. The number of alkyl halides is 3. The van der Waals surface area contributed by atoms with Gasteiger partial charge in [0, 0.05) is 30.3 Å². The highest BCUT2D eigenvalue weighted by atomic mass is 19.4. The average molecular weight is 398 g/mol. The van der Waals surface area contributed by atoms with Crippen LogP contribution in [0.5, 0.6) is 0 Å². The fourth-order valence-electron chi connectivity index (χ4n) is 3.65. The number of rotatable bonds is 3. The van der Waals surface area contributed by atoms with Gasteiger partial charge in [-0.2, -0.15) is 13.2 Å². The van der Waals surface area contributed by atoms with Crippen molar-refractivity contribution in [1.29, 1.82) is 0 Å². The maximum absolute atomic E-state index is 14.5. The second kappa shape index (κ2) is 6.21. The first-order chi connectivity index (χ1) is 13.0. The molecule has 1 atom stereocenters. The molecule has 1 aliphatic rings. The summed E-state index contributed by atoms with van der Waals surface area (Å²) in [5.74, 6) is -0.399. The van der Waals surface area contributed by atoms with E-state index in [9.17, 15) is 32.9 Å². The summed E-state index contributed by atoms with van der Waals surface area (Å²) in [5, 5.41) is 14.0. The number of fused-ring (bicyclic) bond motifs is 2. The van der Waals surface area contributed by atoms with Crippen molar-refractivity contribution in [1.82, 2.24) is 9.13 Å². The van der Waals surface area contributed by atoms with E-state index < -0.39 is 51.3 Å². The van der Waals surface area contributed by atoms with Crippen LogP contribution in [0.3, 0.4) is 0 Å². The lowest BCUT2D eigenvalue weighted by atomic mass is 9.71. The zero-order valence-electron chi connectivity index (χ0n) is 15.3. The van der Waals surface area contributed by atoms with Crippen LogP contribution < -0.4 is 16.6 Å². The lowest BCUT2D eigenvalue weighted by Crippen LogP contribution is -2.56. The summed E-state index contributed by atoms with van der Waals surface area (Å²) in [6.45, 7) is 0.163. The van der Waals surface area contributed by atoms with Crippen LogP contribution in [0.15, 0.2) is 27.8 Å². The first kappa shape index (κ1) is 19.6. The number of nitro groups is 1. The van der Waals surface area contributed by atoms with Gasteiger partial charge in [0.15, 0.2) is 5.41 Å². The summed E-state index contributed by atoms with van der Waals surface area (Å²) in [5.41, 5.74) is -6.03. The normalized spacial score (nSPS) is 18.2. The van der Waals surface area contributed by atoms with Crippen molar-refractivity contribution in [3.05, 3.63) is 65.8 Å². The van der Waals surface area contributed by atoms with Crippen LogP contribution in [0.4, 0.5) is 24.7 Å². The van der Waals surface area contributed by atoms with Crippen LogP contribution in [0.25, 0.3) is 0 Å². The zero-order valence-corrected chi connectivity index (χ0v) is 15.3. The molecule has 0 bridgehead atoms. The van der Waals surface area contributed by atoms with E-state index in [0.29, 0.717) is 16.6 Å². The highest BCUT2D eigenvalue weighted by Gasteiger charge is 2.65. The van der Waals surface area contributed by atoms with Crippen molar-refractivity contribution in [2.45, 2.75) is 24.9 Å². The molecule has 0 fully saturated rings. The standard InChI is InChI=1S/C17H17F3N4O4/c1-4-9-5-6-11-10(7-9)16(8-24(27)28,17(18,19)20)12-13(21-11)22(2)15(26)23(3)14(12)25/h5-7,21H,4,8H2,1-3H3. The van der Waals surface area contributed by atoms with Crippen molar-refractivity contribution < 1.29 is 18.1 Å². The Balaban J connectivity index is 2.59. The Labute approximate surface area is 156 Å². The molecule has 0 saturated heterocycles. The quantitative estimate of drug-likeness (QED) is 0.628. The molecule has 2 aromatic rings. The third-order valence-corrected chi connectivity index (χ3v) is 5.15. The number of benzene rings is 1. The predicted molar refractivity (Wildman–Crippen MR) is 94.7 cm³/mol. The second-order valence-electron chi connectivity index (χ2n) is 6.68. The summed E-state index contributed by atoms with van der Waals surface area (Å²) in [4.78, 5) is 35.3. The molecule has 28 heavy (non-hydrogen) atoms. The Kier molecular flexibility index (Phi) is 4.36. The van der Waals surface area contributed by atoms with Crippen molar-refractivity contribution in [3.63, 3.8) is 0 Å². The van der Waals surface area contributed by atoms with Crippen LogP contribution in [0.2, 0.25) is 0 Å². The van der Waals surface area contributed by atoms with Crippen LogP contribution in [0, 0.1) is 10.1 Å². The molecule has 0 aliphatic carbocycles. The van der Waals surface area contributed by atoms with Gasteiger partial charge in [-0.25, -0.2) is 4.79 Å². The maximum Gasteiger partial charge on any atom is 0.409 e. The number of hydrogen-bond donors (Lipinski definition) is 1. The number of anilines is 2. The number of halogens is 3. The minimum Gasteiger partial charge on any atom is -0.341 e. The van der Waals surface area contributed by atoms with Gasteiger partial charge in [-0.15, -0.1) is 0 Å². The highest BCUT2D eigenvalue weighted by Crippen LogP contribution is 2.53. The van der Waals surface area contributed by atoms with E-state index in [1.165, 1.54) is 19.2 Å². The van der Waals surface area contributed by atoms with Crippen molar-refractivity contribution in [3.8, 4) is 0 Å². The SMILES string of the molecule is CCc1ccc2c(c1)C(C[N+](=O)[O-])(C(F)(F)F)c1c(n(C)c(=O)n(C)c1=O)N2. The zero-order chi connectivity index (χ0) is 21.0. The summed E-state index contributed by atoms with van der Waals surface area (Å²) < 4.78 is 45.0. The number of aryl methyl sites for hydroxylation is 1. The van der Waals surface area contributed by atoms with Gasteiger partial charge >= 0.3 is 11.9 Å². The first-order valence-corrected chi connectivity index (χ1v) is 8.35. The van der Waals surface area contributed by atoms with Gasteiger partial charge in [-0.3, -0.25) is 24.0 Å². The molecule has 0 saturated carbocycles. The molecule has 0 radical (unpaired) electrons. The van der Waals surface area contributed by atoms with Crippen LogP contribution in [-0.4, -0.2) is 26.8 Å². The molecule has 0 amide bonds. The molecule has 1 aromatic heterocycles. The fourth-order valence-corrected chi connectivity index (χ4v) is 3.65. The van der Waals surface area contributed by atoms with E-state index in [2.05, 4.69) is 5.32 Å². The monoisotopic (exact) mass is 398 g/mol. The topological polar surface area (TPSA) is 99.2 Å². The largest absolute Gasteiger partial charge is 0.409 e. The number of nitrogens with one attached hydrogen (secondary N) is 1. The predicted octanol–water partition coefficient (Wildman–Crippen LogP) is 1.83. The third kappa shape index (κ3) is 2.53. The molecule has 3 rings (SSSR count). The molecule has 8 nitrogen and oxygen atoms in total. The molecular formula is C17H17F3N4O4. The second-order valence-corrected chi connectivity index (χ2v) is 6.68. The van der Waals surface area contributed by atoms with Crippen molar-refractivity contribution in [2.24, 2.45) is 14.1 Å².